The van der Waals surface area contributed by atoms with E-state index < -0.39 is 0 Å². The Hall–Kier alpha value is -1.28. The van der Waals surface area contributed by atoms with Crippen LogP contribution in [0.15, 0.2) is 24.4 Å². The van der Waals surface area contributed by atoms with Gasteiger partial charge in [-0.3, -0.25) is 0 Å². The van der Waals surface area contributed by atoms with Gasteiger partial charge in [0.25, 0.3) is 0 Å². The second-order valence-corrected chi connectivity index (χ2v) is 3.81. The molecule has 0 aliphatic rings. The lowest BCUT2D eigenvalue weighted by molar-refractivity contribution is 0.734. The number of nitrogens with two attached hydrogens (primary N) is 1. The molecule has 0 saturated heterocycles. The molecular formula is C12H16N2. The first-order valence-corrected chi connectivity index (χ1v) is 4.98. The molecule has 1 aromatic carbocycles. The number of fused-ring (bicyclic) bond motifs is 1. The number of hydrogen-bond donors (Lipinski definition) is 1. The Morgan fingerprint density at radius 1 is 1.29 bits per heavy atom. The lowest BCUT2D eigenvalue weighted by atomic mass is 10.1. The highest BCUT2D eigenvalue weighted by atomic mass is 15.0. The van der Waals surface area contributed by atoms with Crippen molar-refractivity contribution in [1.29, 1.82) is 0 Å². The monoisotopic (exact) mass is 188 g/mol. The predicted octanol–water partition coefficient (Wildman–Crippen LogP) is 2.22. The molecule has 0 aliphatic heterocycles. The van der Waals surface area contributed by atoms with Gasteiger partial charge in [0.15, 0.2) is 0 Å². The molecule has 1 heterocycles. The van der Waals surface area contributed by atoms with Gasteiger partial charge in [-0.25, -0.2) is 0 Å². The fraction of sp³-hybridized carbons (Fsp3) is 0.333. The van der Waals surface area contributed by atoms with Crippen molar-refractivity contribution >= 4 is 10.9 Å². The third-order valence-electron chi connectivity index (χ3n) is 2.61. The third kappa shape index (κ3) is 1.42. The quantitative estimate of drug-likeness (QED) is 0.769. The van der Waals surface area contributed by atoms with Gasteiger partial charge in [0.1, 0.15) is 0 Å². The second-order valence-electron chi connectivity index (χ2n) is 3.81. The van der Waals surface area contributed by atoms with E-state index in [1.165, 1.54) is 22.0 Å². The molecule has 0 amide bonds. The van der Waals surface area contributed by atoms with Crippen LogP contribution in [-0.4, -0.2) is 11.1 Å². The molecular weight excluding hydrogens is 172 g/mol. The van der Waals surface area contributed by atoms with Crippen LogP contribution in [0.5, 0.6) is 0 Å². The van der Waals surface area contributed by atoms with Crippen molar-refractivity contribution in [3.63, 3.8) is 0 Å². The standard InChI is InChI=1S/C12H16N2/c1-9-3-4-12-11(7-9)10(2)8-14(12)6-5-13/h3-4,7-8H,5-6,13H2,1-2H3. The van der Waals surface area contributed by atoms with Crippen molar-refractivity contribution in [1.82, 2.24) is 4.57 Å². The van der Waals surface area contributed by atoms with Gasteiger partial charge in [0.05, 0.1) is 0 Å². The minimum Gasteiger partial charge on any atom is -0.346 e. The maximum Gasteiger partial charge on any atom is 0.0483 e. The van der Waals surface area contributed by atoms with Gasteiger partial charge in [-0.15, -0.1) is 0 Å². The maximum atomic E-state index is 5.57. The van der Waals surface area contributed by atoms with Gasteiger partial charge >= 0.3 is 0 Å². The fourth-order valence-corrected chi connectivity index (χ4v) is 1.91. The van der Waals surface area contributed by atoms with Gasteiger partial charge in [-0.2, -0.15) is 0 Å². The number of rotatable bonds is 2. The highest BCUT2D eigenvalue weighted by molar-refractivity contribution is 5.84. The van der Waals surface area contributed by atoms with Crippen LogP contribution >= 0.6 is 0 Å². The van der Waals surface area contributed by atoms with Crippen LogP contribution in [0.2, 0.25) is 0 Å². The third-order valence-corrected chi connectivity index (χ3v) is 2.61. The van der Waals surface area contributed by atoms with E-state index >= 15 is 0 Å². The lowest BCUT2D eigenvalue weighted by Crippen LogP contribution is -2.08. The van der Waals surface area contributed by atoms with Gasteiger partial charge in [-0.1, -0.05) is 11.6 Å². The zero-order valence-electron chi connectivity index (χ0n) is 8.75. The largest absolute Gasteiger partial charge is 0.346 e. The molecule has 2 aromatic rings. The summed E-state index contributed by atoms with van der Waals surface area (Å²) >= 11 is 0. The van der Waals surface area contributed by atoms with E-state index in [0.717, 1.165) is 6.54 Å². The Morgan fingerprint density at radius 3 is 2.79 bits per heavy atom. The van der Waals surface area contributed by atoms with Crippen molar-refractivity contribution in [3.8, 4) is 0 Å². The van der Waals surface area contributed by atoms with Crippen molar-refractivity contribution in [2.45, 2.75) is 20.4 Å². The van der Waals surface area contributed by atoms with Crippen LogP contribution in [0.1, 0.15) is 11.1 Å². The molecule has 0 aliphatic carbocycles. The Labute approximate surface area is 84.3 Å². The molecule has 0 bridgehead atoms. The first-order valence-electron chi connectivity index (χ1n) is 4.98. The molecule has 2 N–H and O–H groups in total. The summed E-state index contributed by atoms with van der Waals surface area (Å²) in [5, 5.41) is 1.35. The van der Waals surface area contributed by atoms with E-state index in [9.17, 15) is 0 Å². The summed E-state index contributed by atoms with van der Waals surface area (Å²) < 4.78 is 2.23. The summed E-state index contributed by atoms with van der Waals surface area (Å²) in [5.41, 5.74) is 9.50. The van der Waals surface area contributed by atoms with Crippen molar-refractivity contribution in [2.75, 3.05) is 6.54 Å². The summed E-state index contributed by atoms with van der Waals surface area (Å²) in [6.45, 7) is 5.86. The Kier molecular flexibility index (Phi) is 2.30. The fourth-order valence-electron chi connectivity index (χ4n) is 1.91. The number of nitrogens with zero attached hydrogens (tertiary/aromatic N) is 1. The van der Waals surface area contributed by atoms with Crippen molar-refractivity contribution in [2.24, 2.45) is 5.73 Å². The molecule has 0 fully saturated rings. The van der Waals surface area contributed by atoms with Crippen molar-refractivity contribution < 1.29 is 0 Å². The van der Waals surface area contributed by atoms with Gasteiger partial charge in [0.2, 0.25) is 0 Å². The minimum absolute atomic E-state index is 0.692. The highest BCUT2D eigenvalue weighted by Crippen LogP contribution is 2.21. The van der Waals surface area contributed by atoms with E-state index in [4.69, 9.17) is 5.73 Å². The van der Waals surface area contributed by atoms with Gasteiger partial charge < -0.3 is 10.3 Å². The average Bonchev–Trinajstić information content (AvgIpc) is 2.44. The molecule has 0 radical (unpaired) electrons. The summed E-state index contributed by atoms with van der Waals surface area (Å²) in [4.78, 5) is 0. The van der Waals surface area contributed by atoms with Crippen molar-refractivity contribution in [3.05, 3.63) is 35.5 Å². The zero-order valence-corrected chi connectivity index (χ0v) is 8.75. The van der Waals surface area contributed by atoms with Gasteiger partial charge in [-0.05, 0) is 31.5 Å². The Bertz CT molecular complexity index is 455. The zero-order chi connectivity index (χ0) is 10.1. The molecule has 2 heteroatoms. The highest BCUT2D eigenvalue weighted by Gasteiger charge is 2.03. The summed E-state index contributed by atoms with van der Waals surface area (Å²) in [6.07, 6.45) is 2.18. The molecule has 2 rings (SSSR count). The smallest absolute Gasteiger partial charge is 0.0483 e. The number of aromatic nitrogens is 1. The van der Waals surface area contributed by atoms with E-state index in [-0.39, 0.29) is 0 Å². The maximum absolute atomic E-state index is 5.57. The summed E-state index contributed by atoms with van der Waals surface area (Å²) in [5.74, 6) is 0. The molecule has 0 atom stereocenters. The Balaban J connectivity index is 2.65. The number of aryl methyl sites for hydroxylation is 2. The first-order chi connectivity index (χ1) is 6.72. The summed E-state index contributed by atoms with van der Waals surface area (Å²) in [7, 11) is 0. The Morgan fingerprint density at radius 2 is 2.07 bits per heavy atom. The van der Waals surface area contributed by atoms with Crippen LogP contribution in [0, 0.1) is 13.8 Å². The molecule has 0 saturated carbocycles. The van der Waals surface area contributed by atoms with Crippen LogP contribution < -0.4 is 5.73 Å². The number of benzene rings is 1. The lowest BCUT2D eigenvalue weighted by Gasteiger charge is -2.02. The van der Waals surface area contributed by atoms with Crippen LogP contribution in [0.4, 0.5) is 0 Å². The molecule has 2 nitrogen and oxygen atoms in total. The normalized spacial score (nSPS) is 11.1. The predicted molar refractivity (Wildman–Crippen MR) is 60.5 cm³/mol. The summed E-state index contributed by atoms with van der Waals surface area (Å²) in [6, 6.07) is 6.56. The van der Waals surface area contributed by atoms with E-state index in [1.807, 2.05) is 0 Å². The van der Waals surface area contributed by atoms with E-state index in [0.29, 0.717) is 6.54 Å². The van der Waals surface area contributed by atoms with Crippen LogP contribution in [0.25, 0.3) is 10.9 Å². The minimum atomic E-state index is 0.692. The topological polar surface area (TPSA) is 30.9 Å². The molecule has 74 valence electrons. The number of hydrogen-bond acceptors (Lipinski definition) is 1. The molecule has 0 unspecified atom stereocenters. The molecule has 0 spiro atoms. The van der Waals surface area contributed by atoms with Gasteiger partial charge in [0, 0.05) is 30.2 Å². The van der Waals surface area contributed by atoms with Crippen LogP contribution in [0.3, 0.4) is 0 Å². The van der Waals surface area contributed by atoms with E-state index in [1.54, 1.807) is 0 Å². The molecule has 14 heavy (non-hydrogen) atoms. The molecule has 1 aromatic heterocycles. The first kappa shape index (κ1) is 9.28. The SMILES string of the molecule is Cc1ccc2c(c1)c(C)cn2CCN. The second kappa shape index (κ2) is 3.46. The average molecular weight is 188 g/mol. The van der Waals surface area contributed by atoms with E-state index in [2.05, 4.69) is 42.8 Å². The van der Waals surface area contributed by atoms with Crippen LogP contribution in [-0.2, 0) is 6.54 Å².